The van der Waals surface area contributed by atoms with E-state index in [1.54, 1.807) is 11.6 Å². The molecule has 1 saturated heterocycles. The number of hydrogen-bond acceptors (Lipinski definition) is 4. The summed E-state index contributed by atoms with van der Waals surface area (Å²) >= 11 is 0. The molecular weight excluding hydrogens is 340 g/mol. The van der Waals surface area contributed by atoms with Crippen molar-refractivity contribution in [2.75, 3.05) is 13.1 Å². The number of benzene rings is 1. The van der Waals surface area contributed by atoms with Crippen LogP contribution in [0.3, 0.4) is 0 Å². The number of aromatic nitrogens is 2. The Balaban J connectivity index is 1.65. The van der Waals surface area contributed by atoms with Crippen LogP contribution < -0.4 is 5.48 Å². The van der Waals surface area contributed by atoms with Gasteiger partial charge in [0.15, 0.2) is 0 Å². The Morgan fingerprint density at radius 2 is 2.07 bits per heavy atom. The van der Waals surface area contributed by atoms with Crippen molar-refractivity contribution in [3.63, 3.8) is 0 Å². The Hall–Kier alpha value is -2.44. The summed E-state index contributed by atoms with van der Waals surface area (Å²) in [5.41, 5.74) is 7.61. The SMILES string of the molecule is Cc1nn(C)c(C)c1CCN1CCCC1c1ccc(C=CC(=O)NO)cc1. The van der Waals surface area contributed by atoms with Crippen molar-refractivity contribution in [2.24, 2.45) is 7.05 Å². The standard InChI is InChI=1S/C21H28N4O2/c1-15-19(16(2)24(3)22-15)12-14-25-13-4-5-20(25)18-9-6-17(7-10-18)8-11-21(26)23-27/h6-11,20,27H,4-5,12-14H2,1-3H3,(H,23,26). The number of nitrogens with zero attached hydrogens (tertiary/aromatic N) is 3. The predicted molar refractivity (Wildman–Crippen MR) is 105 cm³/mol. The highest BCUT2D eigenvalue weighted by atomic mass is 16.5. The van der Waals surface area contributed by atoms with Gasteiger partial charge in [-0.2, -0.15) is 5.10 Å². The zero-order chi connectivity index (χ0) is 19.4. The van der Waals surface area contributed by atoms with E-state index >= 15 is 0 Å². The number of rotatable bonds is 6. The van der Waals surface area contributed by atoms with Crippen LogP contribution in [0.5, 0.6) is 0 Å². The minimum Gasteiger partial charge on any atom is -0.296 e. The fourth-order valence-corrected chi connectivity index (χ4v) is 3.94. The van der Waals surface area contributed by atoms with Crippen molar-refractivity contribution in [1.29, 1.82) is 0 Å². The molecule has 1 atom stereocenters. The van der Waals surface area contributed by atoms with E-state index < -0.39 is 5.91 Å². The van der Waals surface area contributed by atoms with E-state index in [0.717, 1.165) is 30.8 Å². The van der Waals surface area contributed by atoms with Gasteiger partial charge in [-0.25, -0.2) is 5.48 Å². The Kier molecular flexibility index (Phi) is 6.08. The van der Waals surface area contributed by atoms with E-state index in [0.29, 0.717) is 6.04 Å². The molecule has 1 unspecified atom stereocenters. The number of amides is 1. The van der Waals surface area contributed by atoms with E-state index in [-0.39, 0.29) is 0 Å². The molecule has 2 aromatic rings. The average molecular weight is 368 g/mol. The Morgan fingerprint density at radius 3 is 2.70 bits per heavy atom. The minimum absolute atomic E-state index is 0.445. The van der Waals surface area contributed by atoms with Crippen LogP contribution in [0.2, 0.25) is 0 Å². The van der Waals surface area contributed by atoms with Gasteiger partial charge >= 0.3 is 0 Å². The van der Waals surface area contributed by atoms with Gasteiger partial charge in [0.25, 0.3) is 5.91 Å². The predicted octanol–water partition coefficient (Wildman–Crippen LogP) is 2.94. The van der Waals surface area contributed by atoms with Gasteiger partial charge in [-0.05, 0) is 62.4 Å². The first kappa shape index (κ1) is 19.3. The van der Waals surface area contributed by atoms with Gasteiger partial charge in [-0.3, -0.25) is 19.6 Å². The monoisotopic (exact) mass is 368 g/mol. The summed E-state index contributed by atoms with van der Waals surface area (Å²) in [6, 6.07) is 8.76. The van der Waals surface area contributed by atoms with Crippen molar-refractivity contribution in [3.8, 4) is 0 Å². The zero-order valence-electron chi connectivity index (χ0n) is 16.3. The van der Waals surface area contributed by atoms with Crippen molar-refractivity contribution >= 4 is 12.0 Å². The fourth-order valence-electron chi connectivity index (χ4n) is 3.94. The smallest absolute Gasteiger partial charge is 0.267 e. The molecule has 0 spiro atoms. The quantitative estimate of drug-likeness (QED) is 0.467. The molecule has 2 heterocycles. The number of aryl methyl sites for hydroxylation is 2. The van der Waals surface area contributed by atoms with Crippen LogP contribution >= 0.6 is 0 Å². The van der Waals surface area contributed by atoms with E-state index in [2.05, 4.69) is 36.0 Å². The third kappa shape index (κ3) is 4.46. The fraction of sp³-hybridized carbons (Fsp3) is 0.429. The molecule has 0 bridgehead atoms. The number of hydrogen-bond donors (Lipinski definition) is 2. The normalized spacial score (nSPS) is 17.7. The van der Waals surface area contributed by atoms with Crippen LogP contribution in [0.4, 0.5) is 0 Å². The van der Waals surface area contributed by atoms with Crippen molar-refractivity contribution in [3.05, 3.63) is 58.4 Å². The summed E-state index contributed by atoms with van der Waals surface area (Å²) in [5.74, 6) is -0.526. The Bertz CT molecular complexity index is 823. The average Bonchev–Trinajstić information content (AvgIpc) is 3.23. The molecule has 1 aromatic carbocycles. The number of hydroxylamine groups is 1. The van der Waals surface area contributed by atoms with Gasteiger partial charge in [0.2, 0.25) is 0 Å². The topological polar surface area (TPSA) is 70.4 Å². The molecular formula is C21H28N4O2. The first-order valence-electron chi connectivity index (χ1n) is 9.45. The van der Waals surface area contributed by atoms with Crippen LogP contribution in [-0.2, 0) is 18.3 Å². The highest BCUT2D eigenvalue weighted by molar-refractivity contribution is 5.90. The molecule has 27 heavy (non-hydrogen) atoms. The Morgan fingerprint density at radius 1 is 1.33 bits per heavy atom. The maximum atomic E-state index is 11.1. The molecule has 0 radical (unpaired) electrons. The first-order valence-corrected chi connectivity index (χ1v) is 9.45. The molecule has 1 aliphatic heterocycles. The maximum absolute atomic E-state index is 11.1. The van der Waals surface area contributed by atoms with Gasteiger partial charge < -0.3 is 0 Å². The molecule has 1 amide bonds. The molecule has 0 aliphatic carbocycles. The number of carbonyl (C=O) groups excluding carboxylic acids is 1. The largest absolute Gasteiger partial charge is 0.296 e. The highest BCUT2D eigenvalue weighted by Crippen LogP contribution is 2.32. The summed E-state index contributed by atoms with van der Waals surface area (Å²) in [5, 5.41) is 13.1. The number of carbonyl (C=O) groups is 1. The van der Waals surface area contributed by atoms with Crippen LogP contribution in [0.15, 0.2) is 30.3 Å². The molecule has 6 heteroatoms. The van der Waals surface area contributed by atoms with Gasteiger partial charge in [-0.15, -0.1) is 0 Å². The second-order valence-corrected chi connectivity index (χ2v) is 7.19. The van der Waals surface area contributed by atoms with E-state index in [1.165, 1.54) is 35.7 Å². The summed E-state index contributed by atoms with van der Waals surface area (Å²) in [7, 11) is 2.00. The van der Waals surface area contributed by atoms with Crippen molar-refractivity contribution in [2.45, 2.75) is 39.2 Å². The molecule has 144 valence electrons. The van der Waals surface area contributed by atoms with E-state index in [1.807, 2.05) is 23.9 Å². The van der Waals surface area contributed by atoms with Gasteiger partial charge in [-0.1, -0.05) is 24.3 Å². The zero-order valence-corrected chi connectivity index (χ0v) is 16.3. The third-order valence-electron chi connectivity index (χ3n) is 5.53. The number of nitrogens with one attached hydrogen (secondary N) is 1. The van der Waals surface area contributed by atoms with E-state index in [4.69, 9.17) is 5.21 Å². The van der Waals surface area contributed by atoms with Crippen LogP contribution in [0.25, 0.3) is 6.08 Å². The maximum Gasteiger partial charge on any atom is 0.267 e. The van der Waals surface area contributed by atoms with E-state index in [9.17, 15) is 4.79 Å². The van der Waals surface area contributed by atoms with Gasteiger partial charge in [0.1, 0.15) is 0 Å². The van der Waals surface area contributed by atoms with Crippen LogP contribution in [-0.4, -0.2) is 38.9 Å². The molecule has 1 aromatic heterocycles. The minimum atomic E-state index is -0.526. The summed E-state index contributed by atoms with van der Waals surface area (Å²) < 4.78 is 1.97. The highest BCUT2D eigenvalue weighted by Gasteiger charge is 2.26. The van der Waals surface area contributed by atoms with Crippen LogP contribution in [0, 0.1) is 13.8 Å². The van der Waals surface area contributed by atoms with Crippen molar-refractivity contribution < 1.29 is 10.0 Å². The third-order valence-corrected chi connectivity index (χ3v) is 5.53. The van der Waals surface area contributed by atoms with Gasteiger partial charge in [0.05, 0.1) is 5.69 Å². The summed E-state index contributed by atoms with van der Waals surface area (Å²) in [6.07, 6.45) is 6.42. The molecule has 1 fully saturated rings. The molecule has 2 N–H and O–H groups in total. The molecule has 1 aliphatic rings. The lowest BCUT2D eigenvalue weighted by Crippen LogP contribution is -2.26. The second-order valence-electron chi connectivity index (χ2n) is 7.19. The van der Waals surface area contributed by atoms with Crippen molar-refractivity contribution in [1.82, 2.24) is 20.2 Å². The van der Waals surface area contributed by atoms with Crippen LogP contribution in [0.1, 0.15) is 47.0 Å². The number of likely N-dealkylation sites (tertiary alicyclic amines) is 1. The molecule has 0 saturated carbocycles. The first-order chi connectivity index (χ1) is 13.0. The lowest BCUT2D eigenvalue weighted by atomic mass is 10.0. The van der Waals surface area contributed by atoms with Gasteiger partial charge in [0, 0.05) is 31.4 Å². The Labute approximate surface area is 160 Å². The molecule has 6 nitrogen and oxygen atoms in total. The summed E-state index contributed by atoms with van der Waals surface area (Å²) in [4.78, 5) is 13.6. The lowest BCUT2D eigenvalue weighted by Gasteiger charge is -2.25. The lowest BCUT2D eigenvalue weighted by molar-refractivity contribution is -0.124. The second kappa shape index (κ2) is 8.50. The molecule has 3 rings (SSSR count). The summed E-state index contributed by atoms with van der Waals surface area (Å²) in [6.45, 7) is 6.39.